The highest BCUT2D eigenvalue weighted by molar-refractivity contribution is 7.99. The van der Waals surface area contributed by atoms with Crippen molar-refractivity contribution in [3.8, 4) is 0 Å². The molecule has 2 aromatic carbocycles. The number of hydrogen-bond donors (Lipinski definition) is 2. The molecule has 2 saturated carbocycles. The fourth-order valence-electron chi connectivity index (χ4n) is 5.32. The molecule has 2 aliphatic carbocycles. The maximum Gasteiger partial charge on any atom is 0.391 e. The summed E-state index contributed by atoms with van der Waals surface area (Å²) in [6, 6.07) is 13.0. The highest BCUT2D eigenvalue weighted by atomic mass is 32.2. The fourth-order valence-corrected chi connectivity index (χ4v) is 5.98. The normalized spacial score (nSPS) is 20.7. The third-order valence-electron chi connectivity index (χ3n) is 7.60. The Kier molecular flexibility index (Phi) is 8.54. The molecule has 2 N–H and O–H groups in total. The van der Waals surface area contributed by atoms with Crippen LogP contribution in [0.25, 0.3) is 11.0 Å². The number of thioether (sulfide) groups is 1. The molecular weight excluding hydrogens is 527 g/mol. The summed E-state index contributed by atoms with van der Waals surface area (Å²) < 4.78 is 47.2. The average molecular weight is 562 g/mol. The molecule has 39 heavy (non-hydrogen) atoms. The van der Waals surface area contributed by atoms with Gasteiger partial charge in [-0.3, -0.25) is 4.79 Å². The van der Waals surface area contributed by atoms with Crippen LogP contribution in [0.2, 0.25) is 0 Å². The summed E-state index contributed by atoms with van der Waals surface area (Å²) in [5, 5.41) is 12.9. The monoisotopic (exact) mass is 561 g/mol. The molecule has 210 valence electrons. The summed E-state index contributed by atoms with van der Waals surface area (Å²) in [5.41, 5.74) is 2.86. The van der Waals surface area contributed by atoms with Crippen LogP contribution in [0.15, 0.2) is 47.4 Å². The van der Waals surface area contributed by atoms with Crippen molar-refractivity contribution in [3.05, 3.63) is 59.4 Å². The number of carbonyl (C=O) groups excluding carboxylic acids is 1. The number of nitrogens with zero attached hydrogens (tertiary/aromatic N) is 2. The van der Waals surface area contributed by atoms with Crippen molar-refractivity contribution in [2.75, 3.05) is 12.4 Å². The first kappa shape index (κ1) is 28.0. The minimum atomic E-state index is -4.13. The van der Waals surface area contributed by atoms with E-state index >= 15 is 0 Å². The largest absolute Gasteiger partial charge is 0.394 e. The number of rotatable bonds is 10. The Bertz CT molecular complexity index is 1280. The standard InChI is InChI=1S/C29H34F3N3O3S/c1-2-39-23-12-3-18(4-13-23)25(16-36)34-28(37)19-5-14-26-24(15-19)33-27(35(26)21-8-9-21)17-38-22-10-6-20(7-11-22)29(30,31)32/h3-5,12-15,20-22,25,36H,2,6-11,16-17H2,1H3,(H,34,37)/t20?,22?,25-/m0/s1. The topological polar surface area (TPSA) is 76.4 Å². The molecule has 1 atom stereocenters. The number of nitrogens with one attached hydrogen (secondary N) is 1. The van der Waals surface area contributed by atoms with Gasteiger partial charge in [-0.05, 0) is 80.2 Å². The van der Waals surface area contributed by atoms with Gasteiger partial charge in [0.1, 0.15) is 12.4 Å². The molecular formula is C29H34F3N3O3S. The van der Waals surface area contributed by atoms with Gasteiger partial charge in [-0.1, -0.05) is 19.1 Å². The smallest absolute Gasteiger partial charge is 0.391 e. The van der Waals surface area contributed by atoms with Crippen LogP contribution in [0.4, 0.5) is 13.2 Å². The molecule has 0 unspecified atom stereocenters. The minimum Gasteiger partial charge on any atom is -0.394 e. The molecule has 0 spiro atoms. The van der Waals surface area contributed by atoms with Gasteiger partial charge in [-0.25, -0.2) is 4.98 Å². The number of aliphatic hydroxyl groups is 1. The van der Waals surface area contributed by atoms with Crippen molar-refractivity contribution in [3.63, 3.8) is 0 Å². The Labute approximate surface area is 230 Å². The highest BCUT2D eigenvalue weighted by Crippen LogP contribution is 2.40. The van der Waals surface area contributed by atoms with Gasteiger partial charge < -0.3 is 19.7 Å². The second kappa shape index (κ2) is 11.9. The van der Waals surface area contributed by atoms with Gasteiger partial charge in [0, 0.05) is 16.5 Å². The lowest BCUT2D eigenvalue weighted by Gasteiger charge is -2.29. The first-order chi connectivity index (χ1) is 18.8. The number of aromatic nitrogens is 2. The predicted molar refractivity (Wildman–Crippen MR) is 145 cm³/mol. The van der Waals surface area contributed by atoms with Gasteiger partial charge in [0.2, 0.25) is 0 Å². The summed E-state index contributed by atoms with van der Waals surface area (Å²) >= 11 is 1.73. The number of benzene rings is 2. The maximum atomic E-state index is 13.1. The van der Waals surface area contributed by atoms with Gasteiger partial charge in [0.25, 0.3) is 5.91 Å². The predicted octanol–water partition coefficient (Wildman–Crippen LogP) is 6.58. The van der Waals surface area contributed by atoms with Gasteiger partial charge in [0.05, 0.1) is 35.7 Å². The number of alkyl halides is 3. The van der Waals surface area contributed by atoms with E-state index in [-0.39, 0.29) is 38.1 Å². The number of ether oxygens (including phenoxy) is 1. The van der Waals surface area contributed by atoms with Crippen LogP contribution in [0.1, 0.15) is 79.3 Å². The molecule has 2 aliphatic rings. The van der Waals surface area contributed by atoms with E-state index in [0.29, 0.717) is 30.0 Å². The molecule has 0 radical (unpaired) electrons. The Morgan fingerprint density at radius 3 is 2.46 bits per heavy atom. The second-order valence-electron chi connectivity index (χ2n) is 10.4. The number of hydrogen-bond acceptors (Lipinski definition) is 5. The molecule has 3 aromatic rings. The summed E-state index contributed by atoms with van der Waals surface area (Å²) in [6.07, 6.45) is -1.29. The summed E-state index contributed by atoms with van der Waals surface area (Å²) in [5.74, 6) is 0.169. The van der Waals surface area contributed by atoms with Crippen molar-refractivity contribution in [1.29, 1.82) is 0 Å². The summed E-state index contributed by atoms with van der Waals surface area (Å²) in [7, 11) is 0. The number of fused-ring (bicyclic) bond motifs is 1. The Balaban J connectivity index is 1.27. The molecule has 0 aliphatic heterocycles. The Hall–Kier alpha value is -2.56. The van der Waals surface area contributed by atoms with Crippen molar-refractivity contribution in [2.24, 2.45) is 5.92 Å². The van der Waals surface area contributed by atoms with E-state index in [9.17, 15) is 23.1 Å². The molecule has 5 rings (SSSR count). The zero-order valence-electron chi connectivity index (χ0n) is 21.9. The summed E-state index contributed by atoms with van der Waals surface area (Å²) in [6.45, 7) is 2.09. The average Bonchev–Trinajstić information content (AvgIpc) is 3.70. The molecule has 1 aromatic heterocycles. The lowest BCUT2D eigenvalue weighted by Crippen LogP contribution is -2.30. The number of aliphatic hydroxyl groups excluding tert-OH is 1. The molecule has 1 amide bonds. The van der Waals surface area contributed by atoms with Crippen LogP contribution in [0.5, 0.6) is 0 Å². The van der Waals surface area contributed by atoms with E-state index in [4.69, 9.17) is 9.72 Å². The van der Waals surface area contributed by atoms with E-state index in [2.05, 4.69) is 16.8 Å². The number of amides is 1. The first-order valence-electron chi connectivity index (χ1n) is 13.6. The van der Waals surface area contributed by atoms with Crippen LogP contribution in [0, 0.1) is 5.92 Å². The second-order valence-corrected chi connectivity index (χ2v) is 11.7. The Morgan fingerprint density at radius 1 is 1.13 bits per heavy atom. The molecule has 0 bridgehead atoms. The van der Waals surface area contributed by atoms with Gasteiger partial charge in [0.15, 0.2) is 0 Å². The third-order valence-corrected chi connectivity index (χ3v) is 8.50. The van der Waals surface area contributed by atoms with Crippen molar-refractivity contribution in [2.45, 2.75) is 81.3 Å². The number of carbonyl (C=O) groups is 1. The zero-order chi connectivity index (χ0) is 27.6. The molecule has 2 fully saturated rings. The molecule has 0 saturated heterocycles. The molecule has 6 nitrogen and oxygen atoms in total. The minimum absolute atomic E-state index is 0.0996. The summed E-state index contributed by atoms with van der Waals surface area (Å²) in [4.78, 5) is 19.0. The maximum absolute atomic E-state index is 13.1. The third kappa shape index (κ3) is 6.61. The number of imidazole rings is 1. The van der Waals surface area contributed by atoms with Crippen LogP contribution < -0.4 is 5.32 Å². The lowest BCUT2D eigenvalue weighted by atomic mass is 9.87. The van der Waals surface area contributed by atoms with Crippen LogP contribution in [0.3, 0.4) is 0 Å². The van der Waals surface area contributed by atoms with Crippen molar-refractivity contribution < 1.29 is 27.8 Å². The van der Waals surface area contributed by atoms with Crippen molar-refractivity contribution in [1.82, 2.24) is 14.9 Å². The van der Waals surface area contributed by atoms with Crippen LogP contribution in [-0.4, -0.2) is 45.2 Å². The van der Waals surface area contributed by atoms with E-state index in [0.717, 1.165) is 40.4 Å². The van der Waals surface area contributed by atoms with E-state index in [1.54, 1.807) is 23.9 Å². The SMILES string of the molecule is CCSc1ccc([C@H](CO)NC(=O)c2ccc3c(c2)nc(COC2CCC(C(F)(F)F)CC2)n3C2CC2)cc1. The number of halogens is 3. The highest BCUT2D eigenvalue weighted by Gasteiger charge is 2.41. The van der Waals surface area contributed by atoms with E-state index in [1.165, 1.54) is 0 Å². The van der Waals surface area contributed by atoms with E-state index in [1.807, 2.05) is 30.3 Å². The Morgan fingerprint density at radius 2 is 1.85 bits per heavy atom. The molecule has 10 heteroatoms. The van der Waals surface area contributed by atoms with Crippen LogP contribution >= 0.6 is 11.8 Å². The quantitative estimate of drug-likeness (QED) is 0.273. The van der Waals surface area contributed by atoms with E-state index < -0.39 is 18.1 Å². The molecule has 1 heterocycles. The zero-order valence-corrected chi connectivity index (χ0v) is 22.7. The van der Waals surface area contributed by atoms with Gasteiger partial charge in [-0.15, -0.1) is 11.8 Å². The van der Waals surface area contributed by atoms with Crippen LogP contribution in [-0.2, 0) is 11.3 Å². The fraction of sp³-hybridized carbons (Fsp3) is 0.517. The van der Waals surface area contributed by atoms with Gasteiger partial charge >= 0.3 is 6.18 Å². The van der Waals surface area contributed by atoms with Crippen molar-refractivity contribution >= 4 is 28.7 Å². The first-order valence-corrected chi connectivity index (χ1v) is 14.6. The lowest BCUT2D eigenvalue weighted by molar-refractivity contribution is -0.188. The van der Waals surface area contributed by atoms with Gasteiger partial charge in [-0.2, -0.15) is 13.2 Å².